The maximum absolute atomic E-state index is 9.45. The zero-order valence-corrected chi connectivity index (χ0v) is 10.5. The molecule has 1 saturated heterocycles. The third kappa shape index (κ3) is 2.00. The van der Waals surface area contributed by atoms with Crippen LogP contribution in [-0.2, 0) is 6.54 Å². The molecular formula is C13H18N4O. The van der Waals surface area contributed by atoms with E-state index in [9.17, 15) is 5.11 Å². The second-order valence-electron chi connectivity index (χ2n) is 5.05. The minimum absolute atomic E-state index is 0.229. The average molecular weight is 246 g/mol. The Balaban J connectivity index is 1.80. The Kier molecular flexibility index (Phi) is 3.01. The van der Waals surface area contributed by atoms with Crippen molar-refractivity contribution < 1.29 is 5.11 Å². The van der Waals surface area contributed by atoms with E-state index in [0.29, 0.717) is 5.92 Å². The van der Waals surface area contributed by atoms with Gasteiger partial charge in [0.15, 0.2) is 0 Å². The Bertz CT molecular complexity index is 506. The number of hydrogen-bond donors (Lipinski definition) is 1. The lowest BCUT2D eigenvalue weighted by Gasteiger charge is -2.23. The minimum atomic E-state index is 0.229. The monoisotopic (exact) mass is 246 g/mol. The highest BCUT2D eigenvalue weighted by molar-refractivity contribution is 5.29. The molecule has 0 amide bonds. The van der Waals surface area contributed by atoms with Crippen LogP contribution in [0.3, 0.4) is 0 Å². The number of imidazole rings is 1. The Morgan fingerprint density at radius 2 is 2.39 bits per heavy atom. The maximum atomic E-state index is 9.45. The van der Waals surface area contributed by atoms with Gasteiger partial charge in [0, 0.05) is 31.2 Å². The number of fused-ring (bicyclic) bond motifs is 1. The number of rotatable bonds is 3. The predicted molar refractivity (Wildman–Crippen MR) is 68.1 cm³/mol. The Labute approximate surface area is 106 Å². The Hall–Kier alpha value is -1.46. The first-order valence-corrected chi connectivity index (χ1v) is 6.41. The van der Waals surface area contributed by atoms with Gasteiger partial charge in [-0.1, -0.05) is 6.92 Å². The van der Waals surface area contributed by atoms with Gasteiger partial charge in [0.2, 0.25) is 5.78 Å². The van der Waals surface area contributed by atoms with Gasteiger partial charge in [-0.2, -0.15) is 0 Å². The van der Waals surface area contributed by atoms with Crippen LogP contribution < -0.4 is 0 Å². The summed E-state index contributed by atoms with van der Waals surface area (Å²) in [6.45, 7) is 4.26. The molecule has 1 fully saturated rings. The molecule has 1 N–H and O–H groups in total. The van der Waals surface area contributed by atoms with Crippen molar-refractivity contribution in [2.24, 2.45) is 5.92 Å². The van der Waals surface area contributed by atoms with Crippen LogP contribution in [0.5, 0.6) is 0 Å². The molecule has 0 spiro atoms. The highest BCUT2D eigenvalue weighted by atomic mass is 16.3. The quantitative estimate of drug-likeness (QED) is 0.875. The van der Waals surface area contributed by atoms with Gasteiger partial charge in [0.05, 0.1) is 12.3 Å². The van der Waals surface area contributed by atoms with Gasteiger partial charge in [0.25, 0.3) is 0 Å². The van der Waals surface area contributed by atoms with Crippen molar-refractivity contribution in [2.45, 2.75) is 25.9 Å². The summed E-state index contributed by atoms with van der Waals surface area (Å²) in [6, 6.07) is 2.16. The molecule has 3 heterocycles. The van der Waals surface area contributed by atoms with Crippen LogP contribution in [0.2, 0.25) is 0 Å². The molecule has 0 bridgehead atoms. The third-order valence-corrected chi connectivity index (χ3v) is 3.84. The second-order valence-corrected chi connectivity index (χ2v) is 5.05. The van der Waals surface area contributed by atoms with E-state index >= 15 is 0 Å². The molecule has 2 aromatic rings. The van der Waals surface area contributed by atoms with Crippen molar-refractivity contribution in [3.8, 4) is 0 Å². The van der Waals surface area contributed by atoms with E-state index in [2.05, 4.69) is 21.8 Å². The fraction of sp³-hybridized carbons (Fsp3) is 0.538. The molecule has 2 atom stereocenters. The molecule has 1 aliphatic rings. The maximum Gasteiger partial charge on any atom is 0.233 e. The van der Waals surface area contributed by atoms with Gasteiger partial charge in [-0.3, -0.25) is 9.30 Å². The largest absolute Gasteiger partial charge is 0.395 e. The number of likely N-dealkylation sites (tertiary alicyclic amines) is 1. The van der Waals surface area contributed by atoms with E-state index in [-0.39, 0.29) is 12.6 Å². The first-order chi connectivity index (χ1) is 8.78. The molecule has 5 nitrogen and oxygen atoms in total. The molecule has 2 unspecified atom stereocenters. The van der Waals surface area contributed by atoms with Crippen molar-refractivity contribution in [1.29, 1.82) is 0 Å². The zero-order valence-electron chi connectivity index (χ0n) is 10.5. The number of aliphatic hydroxyl groups excluding tert-OH is 1. The van der Waals surface area contributed by atoms with Crippen LogP contribution in [0.1, 0.15) is 19.0 Å². The molecule has 0 aliphatic carbocycles. The molecule has 96 valence electrons. The van der Waals surface area contributed by atoms with E-state index in [1.807, 2.05) is 22.9 Å². The lowest BCUT2D eigenvalue weighted by atomic mass is 10.0. The van der Waals surface area contributed by atoms with Crippen LogP contribution >= 0.6 is 0 Å². The SMILES string of the molecule is CC1CCN(Cc2cn3cccnc3n2)C1CO. The van der Waals surface area contributed by atoms with E-state index in [0.717, 1.165) is 31.0 Å². The number of nitrogens with zero attached hydrogens (tertiary/aromatic N) is 4. The topological polar surface area (TPSA) is 53.7 Å². The van der Waals surface area contributed by atoms with Gasteiger partial charge in [0.1, 0.15) is 0 Å². The second kappa shape index (κ2) is 4.66. The standard InChI is InChI=1S/C13H18N4O/c1-10-3-6-16(12(10)9-18)7-11-8-17-5-2-4-14-13(17)15-11/h2,4-5,8,10,12,18H,3,6-7,9H2,1H3. The van der Waals surface area contributed by atoms with Crippen LogP contribution in [0, 0.1) is 5.92 Å². The summed E-state index contributed by atoms with van der Waals surface area (Å²) in [5.41, 5.74) is 1.02. The van der Waals surface area contributed by atoms with Crippen molar-refractivity contribution in [1.82, 2.24) is 19.3 Å². The Morgan fingerprint density at radius 1 is 1.50 bits per heavy atom. The summed E-state index contributed by atoms with van der Waals surface area (Å²) in [7, 11) is 0. The molecule has 2 aromatic heterocycles. The minimum Gasteiger partial charge on any atom is -0.395 e. The highest BCUT2D eigenvalue weighted by Crippen LogP contribution is 2.24. The van der Waals surface area contributed by atoms with Crippen molar-refractivity contribution in [3.05, 3.63) is 30.4 Å². The first kappa shape index (κ1) is 11.6. The van der Waals surface area contributed by atoms with Crippen LogP contribution in [0.25, 0.3) is 5.78 Å². The molecule has 3 rings (SSSR count). The van der Waals surface area contributed by atoms with Crippen LogP contribution in [-0.4, -0.2) is 43.6 Å². The molecule has 0 saturated carbocycles. The summed E-state index contributed by atoms with van der Waals surface area (Å²) in [5.74, 6) is 1.30. The molecule has 18 heavy (non-hydrogen) atoms. The average Bonchev–Trinajstić information content (AvgIpc) is 2.93. The van der Waals surface area contributed by atoms with Crippen molar-refractivity contribution in [2.75, 3.05) is 13.2 Å². The van der Waals surface area contributed by atoms with Gasteiger partial charge >= 0.3 is 0 Å². The van der Waals surface area contributed by atoms with E-state index in [4.69, 9.17) is 0 Å². The van der Waals surface area contributed by atoms with Crippen LogP contribution in [0.15, 0.2) is 24.7 Å². The van der Waals surface area contributed by atoms with Gasteiger partial charge < -0.3 is 5.11 Å². The highest BCUT2D eigenvalue weighted by Gasteiger charge is 2.30. The first-order valence-electron chi connectivity index (χ1n) is 6.41. The third-order valence-electron chi connectivity index (χ3n) is 3.84. The number of hydrogen-bond acceptors (Lipinski definition) is 4. The molecule has 0 radical (unpaired) electrons. The summed E-state index contributed by atoms with van der Waals surface area (Å²) >= 11 is 0. The molecule has 5 heteroatoms. The predicted octanol–water partition coefficient (Wildman–Crippen LogP) is 0.932. The zero-order chi connectivity index (χ0) is 12.5. The van der Waals surface area contributed by atoms with Gasteiger partial charge in [-0.25, -0.2) is 9.97 Å². The smallest absolute Gasteiger partial charge is 0.233 e. The van der Waals surface area contributed by atoms with E-state index < -0.39 is 0 Å². The normalized spacial score (nSPS) is 25.0. The number of aliphatic hydroxyl groups is 1. The van der Waals surface area contributed by atoms with E-state index in [1.54, 1.807) is 6.20 Å². The Morgan fingerprint density at radius 3 is 3.17 bits per heavy atom. The lowest BCUT2D eigenvalue weighted by Crippen LogP contribution is -2.34. The lowest BCUT2D eigenvalue weighted by molar-refractivity contribution is 0.133. The van der Waals surface area contributed by atoms with Crippen LogP contribution in [0.4, 0.5) is 0 Å². The molecular weight excluding hydrogens is 228 g/mol. The van der Waals surface area contributed by atoms with Gasteiger partial charge in [-0.05, 0) is 24.9 Å². The van der Waals surface area contributed by atoms with Gasteiger partial charge in [-0.15, -0.1) is 0 Å². The van der Waals surface area contributed by atoms with E-state index in [1.165, 1.54) is 0 Å². The molecule has 0 aromatic carbocycles. The van der Waals surface area contributed by atoms with Crippen molar-refractivity contribution in [3.63, 3.8) is 0 Å². The fourth-order valence-electron chi connectivity index (χ4n) is 2.74. The summed E-state index contributed by atoms with van der Waals surface area (Å²) < 4.78 is 1.93. The fourth-order valence-corrected chi connectivity index (χ4v) is 2.74. The summed E-state index contributed by atoms with van der Waals surface area (Å²) in [4.78, 5) is 11.0. The summed E-state index contributed by atoms with van der Waals surface area (Å²) in [5, 5.41) is 9.45. The number of aromatic nitrogens is 3. The summed E-state index contributed by atoms with van der Waals surface area (Å²) in [6.07, 6.45) is 6.87. The molecule has 1 aliphatic heterocycles. The van der Waals surface area contributed by atoms with Crippen molar-refractivity contribution >= 4 is 5.78 Å².